The van der Waals surface area contributed by atoms with Crippen LogP contribution < -0.4 is 5.43 Å². The van der Waals surface area contributed by atoms with E-state index in [0.717, 1.165) is 11.6 Å². The Morgan fingerprint density at radius 3 is 2.04 bits per heavy atom. The Labute approximate surface area is 124 Å². The van der Waals surface area contributed by atoms with Crippen LogP contribution >= 0.6 is 0 Å². The average molecular weight is 341 g/mol. The van der Waals surface area contributed by atoms with Crippen molar-refractivity contribution < 1.29 is 35.5 Å². The highest BCUT2D eigenvalue weighted by Crippen LogP contribution is 2.46. The van der Waals surface area contributed by atoms with Crippen molar-refractivity contribution in [1.29, 1.82) is 5.26 Å². The second kappa shape index (κ2) is 6.23. The van der Waals surface area contributed by atoms with Crippen molar-refractivity contribution in [2.75, 3.05) is 0 Å². The fourth-order valence-corrected chi connectivity index (χ4v) is 1.20. The number of hydrazone groups is 1. The number of halogens is 7. The van der Waals surface area contributed by atoms with Gasteiger partial charge in [0.1, 0.15) is 0 Å². The van der Waals surface area contributed by atoms with Gasteiger partial charge in [-0.1, -0.05) is 12.1 Å². The van der Waals surface area contributed by atoms with Crippen molar-refractivity contribution >= 4 is 12.1 Å². The molecule has 0 bridgehead atoms. The van der Waals surface area contributed by atoms with Gasteiger partial charge in [0.05, 0.1) is 17.8 Å². The monoisotopic (exact) mass is 341 g/mol. The smallest absolute Gasteiger partial charge is 0.266 e. The Morgan fingerprint density at radius 1 is 1.09 bits per heavy atom. The predicted molar refractivity (Wildman–Crippen MR) is 62.8 cm³/mol. The van der Waals surface area contributed by atoms with Crippen LogP contribution in [0.4, 0.5) is 30.7 Å². The summed E-state index contributed by atoms with van der Waals surface area (Å²) in [7, 11) is 0. The van der Waals surface area contributed by atoms with Crippen LogP contribution in [-0.2, 0) is 4.79 Å². The van der Waals surface area contributed by atoms with E-state index in [-0.39, 0.29) is 11.1 Å². The summed E-state index contributed by atoms with van der Waals surface area (Å²) in [5.41, 5.74) is 1.34. The third-order valence-electron chi connectivity index (χ3n) is 2.46. The normalized spacial score (nSPS) is 13.0. The first-order chi connectivity index (χ1) is 10.4. The number of carbonyl (C=O) groups is 1. The minimum atomic E-state index is -6.61. The van der Waals surface area contributed by atoms with Gasteiger partial charge >= 0.3 is 23.9 Å². The van der Waals surface area contributed by atoms with Gasteiger partial charge in [0.2, 0.25) is 0 Å². The lowest BCUT2D eigenvalue weighted by Crippen LogP contribution is -2.58. The number of carbonyl (C=O) groups excluding carboxylic acids is 1. The van der Waals surface area contributed by atoms with E-state index in [9.17, 15) is 35.5 Å². The van der Waals surface area contributed by atoms with E-state index in [1.54, 1.807) is 6.07 Å². The summed E-state index contributed by atoms with van der Waals surface area (Å²) in [6.07, 6.45) is -5.88. The van der Waals surface area contributed by atoms with Gasteiger partial charge in [0.15, 0.2) is 0 Å². The topological polar surface area (TPSA) is 65.2 Å². The molecule has 0 saturated carbocycles. The van der Waals surface area contributed by atoms with Crippen molar-refractivity contribution in [2.24, 2.45) is 5.10 Å². The summed E-state index contributed by atoms with van der Waals surface area (Å²) >= 11 is 0. The van der Waals surface area contributed by atoms with Crippen LogP contribution in [0.2, 0.25) is 0 Å². The highest BCUT2D eigenvalue weighted by atomic mass is 19.4. The number of nitrogens with zero attached hydrogens (tertiary/aromatic N) is 2. The molecule has 1 rings (SSSR count). The Morgan fingerprint density at radius 2 is 1.61 bits per heavy atom. The molecule has 23 heavy (non-hydrogen) atoms. The predicted octanol–water partition coefficient (Wildman–Crippen LogP) is 2.84. The number of amides is 1. The molecule has 0 aromatic heterocycles. The molecule has 124 valence electrons. The maximum atomic E-state index is 12.9. The summed E-state index contributed by atoms with van der Waals surface area (Å²) in [5, 5.41) is 11.4. The van der Waals surface area contributed by atoms with Gasteiger partial charge in [-0.3, -0.25) is 4.79 Å². The van der Waals surface area contributed by atoms with E-state index in [1.807, 2.05) is 0 Å². The van der Waals surface area contributed by atoms with E-state index in [0.29, 0.717) is 0 Å². The van der Waals surface area contributed by atoms with Crippen LogP contribution in [0.5, 0.6) is 0 Å². The number of rotatable bonds is 4. The van der Waals surface area contributed by atoms with Crippen molar-refractivity contribution in [2.45, 2.75) is 18.0 Å². The minimum Gasteiger partial charge on any atom is -0.266 e. The molecule has 0 atom stereocenters. The van der Waals surface area contributed by atoms with Crippen LogP contribution in [-0.4, -0.2) is 30.1 Å². The van der Waals surface area contributed by atoms with Crippen molar-refractivity contribution in [3.8, 4) is 6.07 Å². The second-order valence-corrected chi connectivity index (χ2v) is 4.08. The van der Waals surface area contributed by atoms with Crippen molar-refractivity contribution in [3.63, 3.8) is 0 Å². The Kier molecular flexibility index (Phi) is 4.99. The lowest BCUT2D eigenvalue weighted by atomic mass is 10.1. The Hall–Kier alpha value is -2.64. The molecule has 1 N–H and O–H groups in total. The highest BCUT2D eigenvalue weighted by Gasteiger charge is 2.76. The quantitative estimate of drug-likeness (QED) is 0.520. The average Bonchev–Trinajstić information content (AvgIpc) is 2.46. The van der Waals surface area contributed by atoms with Gasteiger partial charge in [-0.2, -0.15) is 41.1 Å². The van der Waals surface area contributed by atoms with Crippen LogP contribution in [0, 0.1) is 11.3 Å². The van der Waals surface area contributed by atoms with Gasteiger partial charge in [-0.15, -0.1) is 0 Å². The minimum absolute atomic E-state index is 0.176. The van der Waals surface area contributed by atoms with Gasteiger partial charge in [0.25, 0.3) is 0 Å². The molecule has 0 radical (unpaired) electrons. The van der Waals surface area contributed by atoms with Gasteiger partial charge in [0, 0.05) is 0 Å². The summed E-state index contributed by atoms with van der Waals surface area (Å²) < 4.78 is 86.6. The number of nitriles is 1. The van der Waals surface area contributed by atoms with Crippen LogP contribution in [0.1, 0.15) is 11.1 Å². The molecule has 1 aromatic carbocycles. The van der Waals surface area contributed by atoms with Gasteiger partial charge in [-0.25, -0.2) is 5.43 Å². The molecule has 0 aliphatic carbocycles. The van der Waals surface area contributed by atoms with Crippen LogP contribution in [0.3, 0.4) is 0 Å². The fraction of sp³-hybridized carbons (Fsp3) is 0.250. The molecule has 0 spiro atoms. The maximum absolute atomic E-state index is 12.9. The molecule has 0 unspecified atom stereocenters. The molecular formula is C12H6F7N3O. The Bertz CT molecular complexity index is 644. The number of nitrogens with one attached hydrogen (secondary N) is 1. The van der Waals surface area contributed by atoms with Crippen molar-refractivity contribution in [1.82, 2.24) is 5.43 Å². The summed E-state index contributed by atoms with van der Waals surface area (Å²) in [6.45, 7) is 0. The third-order valence-corrected chi connectivity index (χ3v) is 2.46. The first-order valence-corrected chi connectivity index (χ1v) is 5.59. The highest BCUT2D eigenvalue weighted by molar-refractivity contribution is 5.86. The van der Waals surface area contributed by atoms with Gasteiger partial charge in [-0.05, 0) is 17.7 Å². The van der Waals surface area contributed by atoms with E-state index in [4.69, 9.17) is 5.26 Å². The summed E-state index contributed by atoms with van der Waals surface area (Å²) in [5.74, 6) is -15.5. The molecule has 4 nitrogen and oxygen atoms in total. The molecule has 0 heterocycles. The van der Waals surface area contributed by atoms with E-state index in [2.05, 4.69) is 5.10 Å². The van der Waals surface area contributed by atoms with E-state index in [1.165, 1.54) is 24.3 Å². The summed E-state index contributed by atoms with van der Waals surface area (Å²) in [6, 6.07) is 6.93. The zero-order chi connectivity index (χ0) is 17.9. The Balaban J connectivity index is 2.82. The molecule has 1 aromatic rings. The molecule has 1 amide bonds. The SMILES string of the molecule is N#Cc1ccc(C=NNC(=O)C(F)(F)C(F)(F)C(F)(F)F)cc1. The first kappa shape index (κ1) is 18.4. The second-order valence-electron chi connectivity index (χ2n) is 4.08. The first-order valence-electron chi connectivity index (χ1n) is 5.59. The number of hydrogen-bond acceptors (Lipinski definition) is 3. The number of alkyl halides is 7. The molecule has 0 aliphatic rings. The number of hydrogen-bond donors (Lipinski definition) is 1. The van der Waals surface area contributed by atoms with E-state index >= 15 is 0 Å². The standard InChI is InChI=1S/C12H6F7N3O/c13-10(14,11(15,16)12(17,18)19)9(23)22-21-6-8-3-1-7(5-20)2-4-8/h1-4,6H,(H,22,23). The fourth-order valence-electron chi connectivity index (χ4n) is 1.20. The molecule has 11 heteroatoms. The zero-order valence-electron chi connectivity index (χ0n) is 10.8. The van der Waals surface area contributed by atoms with Crippen LogP contribution in [0.15, 0.2) is 29.4 Å². The van der Waals surface area contributed by atoms with E-state index < -0.39 is 23.9 Å². The number of benzene rings is 1. The molecule has 0 aliphatic heterocycles. The zero-order valence-corrected chi connectivity index (χ0v) is 10.8. The lowest BCUT2D eigenvalue weighted by Gasteiger charge is -2.26. The summed E-state index contributed by atoms with van der Waals surface area (Å²) in [4.78, 5) is 10.9. The van der Waals surface area contributed by atoms with Gasteiger partial charge < -0.3 is 0 Å². The molecule has 0 fully saturated rings. The molecule has 0 saturated heterocycles. The van der Waals surface area contributed by atoms with Crippen molar-refractivity contribution in [3.05, 3.63) is 35.4 Å². The van der Waals surface area contributed by atoms with Crippen LogP contribution in [0.25, 0.3) is 0 Å². The maximum Gasteiger partial charge on any atom is 0.460 e. The third kappa shape index (κ3) is 3.77. The lowest BCUT2D eigenvalue weighted by molar-refractivity contribution is -0.344. The largest absolute Gasteiger partial charge is 0.460 e. The molecular weight excluding hydrogens is 335 g/mol.